The lowest BCUT2D eigenvalue weighted by Gasteiger charge is -2.11. The third kappa shape index (κ3) is 5.68. The lowest BCUT2D eigenvalue weighted by Crippen LogP contribution is -2.09. The van der Waals surface area contributed by atoms with Crippen molar-refractivity contribution in [2.24, 2.45) is 0 Å². The van der Waals surface area contributed by atoms with Crippen LogP contribution in [0.4, 0.5) is 5.69 Å². The van der Waals surface area contributed by atoms with E-state index in [0.29, 0.717) is 33.5 Å². The molecule has 0 radical (unpaired) electrons. The van der Waals surface area contributed by atoms with Gasteiger partial charge < -0.3 is 14.5 Å². The fraction of sp³-hybridized carbons (Fsp3) is 0.167. The van der Waals surface area contributed by atoms with Gasteiger partial charge in [0.15, 0.2) is 0 Å². The summed E-state index contributed by atoms with van der Waals surface area (Å²) in [6.45, 7) is 3.26. The van der Waals surface area contributed by atoms with Gasteiger partial charge in [0.2, 0.25) is 5.91 Å². The van der Waals surface area contributed by atoms with Gasteiger partial charge in [-0.25, -0.2) is 14.6 Å². The number of rotatable bonds is 7. The number of fused-ring (bicyclic) bond motifs is 1. The van der Waals surface area contributed by atoms with Crippen LogP contribution in [0.3, 0.4) is 0 Å². The lowest BCUT2D eigenvalue weighted by atomic mass is 10.1. The number of anilines is 1. The van der Waals surface area contributed by atoms with Crippen LogP contribution in [0.15, 0.2) is 68.0 Å². The number of esters is 1. The minimum Gasteiger partial charge on any atom is -0.457 e. The van der Waals surface area contributed by atoms with Gasteiger partial charge in [-0.3, -0.25) is 4.79 Å². The summed E-state index contributed by atoms with van der Waals surface area (Å²) < 4.78 is 10.8. The normalized spacial score (nSPS) is 10.8. The first-order valence-electron chi connectivity index (χ1n) is 10.0. The number of benzene rings is 2. The van der Waals surface area contributed by atoms with E-state index < -0.39 is 11.6 Å². The smallest absolute Gasteiger partial charge is 0.339 e. The van der Waals surface area contributed by atoms with Crippen LogP contribution in [0.1, 0.15) is 33.5 Å². The molecule has 0 aliphatic carbocycles. The zero-order chi connectivity index (χ0) is 23.4. The first kappa shape index (κ1) is 22.8. The van der Waals surface area contributed by atoms with Crippen molar-refractivity contribution >= 4 is 51.6 Å². The van der Waals surface area contributed by atoms with Crippen LogP contribution >= 0.6 is 23.1 Å². The molecular formula is C24H20N2O5S2. The summed E-state index contributed by atoms with van der Waals surface area (Å²) in [5.41, 5.74) is 2.18. The second-order valence-electron chi connectivity index (χ2n) is 7.20. The predicted octanol–water partition coefficient (Wildman–Crippen LogP) is 5.17. The van der Waals surface area contributed by atoms with Crippen LogP contribution in [-0.2, 0) is 21.9 Å². The largest absolute Gasteiger partial charge is 0.457 e. The Morgan fingerprint density at radius 3 is 2.76 bits per heavy atom. The van der Waals surface area contributed by atoms with Gasteiger partial charge in [0, 0.05) is 51.7 Å². The van der Waals surface area contributed by atoms with Gasteiger partial charge in [-0.1, -0.05) is 12.1 Å². The minimum absolute atomic E-state index is 0.0926. The van der Waals surface area contributed by atoms with E-state index in [9.17, 15) is 14.4 Å². The quantitative estimate of drug-likeness (QED) is 0.221. The van der Waals surface area contributed by atoms with Crippen LogP contribution in [0.2, 0.25) is 0 Å². The van der Waals surface area contributed by atoms with Crippen LogP contribution in [0.25, 0.3) is 11.0 Å². The average molecular weight is 481 g/mol. The standard InChI is InChI=1S/C24H20N2O5S2/c1-14(27)25-17-7-8-19-16(9-23(28)31-21(19)10-17)11-30-24(29)20-5-3-4-6-22(20)33-13-18-12-32-15(2)26-18/h3-10,12H,11,13H2,1-2H3,(H,25,27). The number of aryl methyl sites for hydroxylation is 1. The summed E-state index contributed by atoms with van der Waals surface area (Å²) in [7, 11) is 0. The Kier molecular flexibility index (Phi) is 6.90. The molecule has 2 aromatic carbocycles. The Morgan fingerprint density at radius 2 is 2.00 bits per heavy atom. The summed E-state index contributed by atoms with van der Waals surface area (Å²) in [6.07, 6.45) is 0. The zero-order valence-corrected chi connectivity index (χ0v) is 19.5. The van der Waals surface area contributed by atoms with E-state index in [1.54, 1.807) is 41.7 Å². The van der Waals surface area contributed by atoms with E-state index >= 15 is 0 Å². The molecule has 0 bridgehead atoms. The van der Waals surface area contributed by atoms with Crippen LogP contribution in [0, 0.1) is 6.92 Å². The molecule has 1 N–H and O–H groups in total. The summed E-state index contributed by atoms with van der Waals surface area (Å²) >= 11 is 3.11. The predicted molar refractivity (Wildman–Crippen MR) is 129 cm³/mol. The molecule has 0 atom stereocenters. The third-order valence-corrected chi connectivity index (χ3v) is 6.59. The van der Waals surface area contributed by atoms with Gasteiger partial charge in [-0.15, -0.1) is 23.1 Å². The van der Waals surface area contributed by atoms with Crippen LogP contribution in [-0.4, -0.2) is 16.9 Å². The molecule has 7 nitrogen and oxygen atoms in total. The molecule has 0 aliphatic rings. The summed E-state index contributed by atoms with van der Waals surface area (Å²) in [5.74, 6) is -0.0673. The number of thioether (sulfide) groups is 1. The number of ether oxygens (including phenoxy) is 1. The van der Waals surface area contributed by atoms with E-state index in [2.05, 4.69) is 10.3 Å². The SMILES string of the molecule is CC(=O)Nc1ccc2c(COC(=O)c3ccccc3SCc3csc(C)n3)cc(=O)oc2c1. The van der Waals surface area contributed by atoms with E-state index in [1.165, 1.54) is 24.8 Å². The van der Waals surface area contributed by atoms with Crippen molar-refractivity contribution in [3.8, 4) is 0 Å². The van der Waals surface area contributed by atoms with Gasteiger partial charge in [-0.2, -0.15) is 0 Å². The summed E-state index contributed by atoms with van der Waals surface area (Å²) in [4.78, 5) is 41.4. The van der Waals surface area contributed by atoms with Crippen molar-refractivity contribution in [1.29, 1.82) is 0 Å². The highest BCUT2D eigenvalue weighted by Gasteiger charge is 2.15. The van der Waals surface area contributed by atoms with Gasteiger partial charge in [0.25, 0.3) is 0 Å². The average Bonchev–Trinajstić information content (AvgIpc) is 3.20. The molecular weight excluding hydrogens is 460 g/mol. The highest BCUT2D eigenvalue weighted by Crippen LogP contribution is 2.28. The molecule has 0 saturated carbocycles. The first-order valence-corrected chi connectivity index (χ1v) is 11.9. The van der Waals surface area contributed by atoms with Gasteiger partial charge in [0.1, 0.15) is 12.2 Å². The summed E-state index contributed by atoms with van der Waals surface area (Å²) in [5, 5.41) is 6.28. The van der Waals surface area contributed by atoms with Gasteiger partial charge in [-0.05, 0) is 31.2 Å². The number of nitrogens with zero attached hydrogens (tertiary/aromatic N) is 1. The fourth-order valence-corrected chi connectivity index (χ4v) is 4.89. The number of aromatic nitrogens is 1. The molecule has 0 spiro atoms. The molecule has 0 unspecified atom stereocenters. The van der Waals surface area contributed by atoms with Gasteiger partial charge >= 0.3 is 11.6 Å². The highest BCUT2D eigenvalue weighted by atomic mass is 32.2. The molecule has 2 aromatic heterocycles. The topological polar surface area (TPSA) is 98.5 Å². The number of amides is 1. The Bertz CT molecular complexity index is 1390. The van der Waals surface area contributed by atoms with Crippen molar-refractivity contribution in [3.63, 3.8) is 0 Å². The highest BCUT2D eigenvalue weighted by molar-refractivity contribution is 7.98. The van der Waals surface area contributed by atoms with Gasteiger partial charge in [0.05, 0.1) is 16.3 Å². The zero-order valence-electron chi connectivity index (χ0n) is 17.9. The molecule has 4 rings (SSSR count). The maximum absolute atomic E-state index is 12.9. The molecule has 33 heavy (non-hydrogen) atoms. The lowest BCUT2D eigenvalue weighted by molar-refractivity contribution is -0.114. The van der Waals surface area contributed by atoms with Crippen molar-refractivity contribution in [2.45, 2.75) is 31.1 Å². The van der Waals surface area contributed by atoms with E-state index in [4.69, 9.17) is 9.15 Å². The molecule has 168 valence electrons. The number of hydrogen-bond acceptors (Lipinski definition) is 8. The second-order valence-corrected chi connectivity index (χ2v) is 9.28. The monoisotopic (exact) mass is 480 g/mol. The van der Waals surface area contributed by atoms with Crippen LogP contribution in [0.5, 0.6) is 0 Å². The van der Waals surface area contributed by atoms with Crippen molar-refractivity contribution in [2.75, 3.05) is 5.32 Å². The molecule has 2 heterocycles. The van der Waals surface area contributed by atoms with E-state index in [-0.39, 0.29) is 12.5 Å². The molecule has 0 aliphatic heterocycles. The Morgan fingerprint density at radius 1 is 1.18 bits per heavy atom. The maximum atomic E-state index is 12.9. The molecule has 0 fully saturated rings. The second kappa shape index (κ2) is 10.0. The Hall–Kier alpha value is -3.43. The minimum atomic E-state index is -0.567. The molecule has 9 heteroatoms. The number of thiazole rings is 1. The number of carbonyl (C=O) groups excluding carboxylic acids is 2. The first-order chi connectivity index (χ1) is 15.9. The summed E-state index contributed by atoms with van der Waals surface area (Å²) in [6, 6.07) is 13.5. The third-order valence-electron chi connectivity index (χ3n) is 4.66. The van der Waals surface area contributed by atoms with Crippen LogP contribution < -0.4 is 10.9 Å². The number of nitrogens with one attached hydrogen (secondary N) is 1. The molecule has 4 aromatic rings. The Balaban J connectivity index is 1.51. The number of hydrogen-bond donors (Lipinski definition) is 1. The molecule has 0 saturated heterocycles. The van der Waals surface area contributed by atoms with Crippen molar-refractivity contribution in [3.05, 3.63) is 86.2 Å². The van der Waals surface area contributed by atoms with E-state index in [1.807, 2.05) is 24.4 Å². The Labute approximate surface area is 197 Å². The maximum Gasteiger partial charge on any atom is 0.339 e. The molecule has 1 amide bonds. The fourth-order valence-electron chi connectivity index (χ4n) is 3.24. The van der Waals surface area contributed by atoms with Crippen molar-refractivity contribution < 1.29 is 18.7 Å². The van der Waals surface area contributed by atoms with E-state index in [0.717, 1.165) is 15.6 Å². The van der Waals surface area contributed by atoms with Crippen molar-refractivity contribution in [1.82, 2.24) is 4.98 Å². The number of carbonyl (C=O) groups is 2.